The van der Waals surface area contributed by atoms with Gasteiger partial charge < -0.3 is 16.0 Å². The lowest BCUT2D eigenvalue weighted by Crippen LogP contribution is -2.25. The molecule has 2 aromatic rings. The van der Waals surface area contributed by atoms with Crippen molar-refractivity contribution in [1.29, 1.82) is 0 Å². The van der Waals surface area contributed by atoms with Crippen molar-refractivity contribution in [2.24, 2.45) is 0 Å². The Morgan fingerprint density at radius 3 is 3.00 bits per heavy atom. The van der Waals surface area contributed by atoms with Gasteiger partial charge in [0.1, 0.15) is 12.0 Å². The van der Waals surface area contributed by atoms with E-state index in [0.29, 0.717) is 18.7 Å². The summed E-state index contributed by atoms with van der Waals surface area (Å²) in [4.78, 5) is 3.27. The molecule has 1 unspecified atom stereocenters. The number of allylic oxidation sites excluding steroid dienone is 1. The highest BCUT2D eigenvalue weighted by Crippen LogP contribution is 2.31. The number of likely N-dealkylation sites (tertiary alicyclic amines) is 1. The van der Waals surface area contributed by atoms with Gasteiger partial charge in [0.25, 0.3) is 0 Å². The van der Waals surface area contributed by atoms with Gasteiger partial charge in [-0.15, -0.1) is 11.3 Å². The summed E-state index contributed by atoms with van der Waals surface area (Å²) in [5.74, 6) is 0.947. The number of nitrogen functional groups attached to an aromatic ring is 1. The van der Waals surface area contributed by atoms with Gasteiger partial charge in [-0.25, -0.2) is 4.39 Å². The molecule has 0 aliphatic carbocycles. The van der Waals surface area contributed by atoms with Crippen LogP contribution in [0.2, 0.25) is 0 Å². The second kappa shape index (κ2) is 7.04. The molecule has 1 aliphatic rings. The SMILES string of the molecule is CC/C=C(/Nc1cc(-c2cccs2)ccc1N)N1CCC(F)C1. The Morgan fingerprint density at radius 2 is 2.35 bits per heavy atom. The van der Waals surface area contributed by atoms with Crippen LogP contribution in [0.15, 0.2) is 47.6 Å². The predicted octanol–water partition coefficient (Wildman–Crippen LogP) is 4.70. The molecule has 3 N–H and O–H groups in total. The second-order valence-electron chi connectivity index (χ2n) is 5.73. The van der Waals surface area contributed by atoms with Crippen molar-refractivity contribution >= 4 is 22.7 Å². The molecule has 1 atom stereocenters. The van der Waals surface area contributed by atoms with Crippen LogP contribution < -0.4 is 11.1 Å². The van der Waals surface area contributed by atoms with Crippen molar-refractivity contribution in [2.75, 3.05) is 24.1 Å². The van der Waals surface area contributed by atoms with Crippen molar-refractivity contribution in [3.8, 4) is 10.4 Å². The molecule has 2 heterocycles. The summed E-state index contributed by atoms with van der Waals surface area (Å²) in [5, 5.41) is 5.48. The largest absolute Gasteiger partial charge is 0.397 e. The quantitative estimate of drug-likeness (QED) is 0.780. The molecule has 3 nitrogen and oxygen atoms in total. The normalized spacial score (nSPS) is 18.4. The molecule has 1 fully saturated rings. The number of halogens is 1. The van der Waals surface area contributed by atoms with Gasteiger partial charge in [-0.05, 0) is 48.1 Å². The zero-order chi connectivity index (χ0) is 16.2. The third-order valence-corrected chi connectivity index (χ3v) is 4.91. The molecule has 3 rings (SSSR count). The zero-order valence-electron chi connectivity index (χ0n) is 13.3. The molecular weight excluding hydrogens is 309 g/mol. The zero-order valence-corrected chi connectivity index (χ0v) is 14.1. The molecule has 5 heteroatoms. The van der Waals surface area contributed by atoms with Crippen molar-refractivity contribution in [3.63, 3.8) is 0 Å². The average molecular weight is 331 g/mol. The first kappa shape index (κ1) is 15.9. The second-order valence-corrected chi connectivity index (χ2v) is 6.68. The Balaban J connectivity index is 1.85. The maximum Gasteiger partial charge on any atom is 0.119 e. The Bertz CT molecular complexity index is 682. The highest BCUT2D eigenvalue weighted by Gasteiger charge is 2.23. The fraction of sp³-hybridized carbons (Fsp3) is 0.333. The first-order valence-corrected chi connectivity index (χ1v) is 8.85. The van der Waals surface area contributed by atoms with E-state index in [9.17, 15) is 4.39 Å². The van der Waals surface area contributed by atoms with E-state index in [0.717, 1.165) is 30.0 Å². The van der Waals surface area contributed by atoms with Crippen molar-refractivity contribution in [1.82, 2.24) is 4.90 Å². The number of benzene rings is 1. The van der Waals surface area contributed by atoms with Gasteiger partial charge in [0.2, 0.25) is 0 Å². The van der Waals surface area contributed by atoms with Crippen LogP contribution in [-0.2, 0) is 0 Å². The standard InChI is InChI=1S/C18H22FN3S/c1-2-4-18(22-9-8-14(19)12-22)21-16-11-13(6-7-15(16)20)17-5-3-10-23-17/h3-7,10-11,14,21H,2,8-9,12,20H2,1H3/b18-4-. The topological polar surface area (TPSA) is 41.3 Å². The molecule has 122 valence electrons. The van der Waals surface area contributed by atoms with Crippen LogP contribution >= 0.6 is 11.3 Å². The van der Waals surface area contributed by atoms with Crippen LogP contribution in [0.4, 0.5) is 15.8 Å². The maximum atomic E-state index is 13.5. The van der Waals surface area contributed by atoms with Crippen LogP contribution in [0, 0.1) is 0 Å². The van der Waals surface area contributed by atoms with Gasteiger partial charge in [-0.1, -0.05) is 19.1 Å². The number of nitrogens with zero attached hydrogens (tertiary/aromatic N) is 1. The van der Waals surface area contributed by atoms with Gasteiger partial charge in [0.15, 0.2) is 0 Å². The van der Waals surface area contributed by atoms with E-state index in [4.69, 9.17) is 5.73 Å². The highest BCUT2D eigenvalue weighted by molar-refractivity contribution is 7.13. The smallest absolute Gasteiger partial charge is 0.119 e. The van der Waals surface area contributed by atoms with Crippen LogP contribution in [-0.4, -0.2) is 24.2 Å². The Labute approximate surface area is 140 Å². The van der Waals surface area contributed by atoms with Crippen molar-refractivity contribution in [3.05, 3.63) is 47.6 Å². The van der Waals surface area contributed by atoms with Crippen LogP contribution in [0.1, 0.15) is 19.8 Å². The minimum absolute atomic E-state index is 0.448. The molecule has 1 aromatic carbocycles. The monoisotopic (exact) mass is 331 g/mol. The highest BCUT2D eigenvalue weighted by atomic mass is 32.1. The summed E-state index contributed by atoms with van der Waals surface area (Å²) in [6, 6.07) is 10.1. The number of hydrogen-bond donors (Lipinski definition) is 2. The Kier molecular flexibility index (Phi) is 4.86. The Hall–Kier alpha value is -2.01. The first-order valence-electron chi connectivity index (χ1n) is 7.97. The van der Waals surface area contributed by atoms with E-state index in [1.807, 2.05) is 18.2 Å². The summed E-state index contributed by atoms with van der Waals surface area (Å²) in [6.07, 6.45) is 2.83. The van der Waals surface area contributed by atoms with Crippen molar-refractivity contribution < 1.29 is 4.39 Å². The molecule has 0 amide bonds. The van der Waals surface area contributed by atoms with Crippen LogP contribution in [0.5, 0.6) is 0 Å². The lowest BCUT2D eigenvalue weighted by Gasteiger charge is -2.24. The minimum atomic E-state index is -0.744. The number of nitrogens with one attached hydrogen (secondary N) is 1. The molecule has 1 saturated heterocycles. The fourth-order valence-electron chi connectivity index (χ4n) is 2.79. The van der Waals surface area contributed by atoms with E-state index in [2.05, 4.69) is 40.7 Å². The molecular formula is C18H22FN3S. The van der Waals surface area contributed by atoms with Crippen LogP contribution in [0.25, 0.3) is 10.4 Å². The summed E-state index contributed by atoms with van der Waals surface area (Å²) in [6.45, 7) is 3.27. The number of rotatable bonds is 5. The van der Waals surface area contributed by atoms with Gasteiger partial charge in [-0.3, -0.25) is 0 Å². The number of thiophene rings is 1. The van der Waals surface area contributed by atoms with Gasteiger partial charge in [0.05, 0.1) is 17.9 Å². The number of hydrogen-bond acceptors (Lipinski definition) is 4. The third kappa shape index (κ3) is 3.67. The summed E-state index contributed by atoms with van der Waals surface area (Å²) in [7, 11) is 0. The average Bonchev–Trinajstić information content (AvgIpc) is 3.20. The molecule has 0 spiro atoms. The summed E-state index contributed by atoms with van der Waals surface area (Å²) < 4.78 is 13.5. The van der Waals surface area contributed by atoms with Gasteiger partial charge in [0, 0.05) is 11.4 Å². The molecule has 0 saturated carbocycles. The summed E-state index contributed by atoms with van der Waals surface area (Å²) >= 11 is 1.70. The fourth-order valence-corrected chi connectivity index (χ4v) is 3.51. The lowest BCUT2D eigenvalue weighted by atomic mass is 10.1. The minimum Gasteiger partial charge on any atom is -0.397 e. The predicted molar refractivity (Wildman–Crippen MR) is 97.3 cm³/mol. The maximum absolute atomic E-state index is 13.5. The van der Waals surface area contributed by atoms with E-state index in [1.165, 1.54) is 4.88 Å². The van der Waals surface area contributed by atoms with E-state index in [-0.39, 0.29) is 0 Å². The lowest BCUT2D eigenvalue weighted by molar-refractivity contribution is 0.325. The van der Waals surface area contributed by atoms with E-state index < -0.39 is 6.17 Å². The van der Waals surface area contributed by atoms with Gasteiger partial charge in [-0.2, -0.15) is 0 Å². The number of anilines is 2. The number of alkyl halides is 1. The Morgan fingerprint density at radius 1 is 1.48 bits per heavy atom. The van der Waals surface area contributed by atoms with Gasteiger partial charge >= 0.3 is 0 Å². The molecule has 23 heavy (non-hydrogen) atoms. The van der Waals surface area contributed by atoms with Crippen molar-refractivity contribution in [2.45, 2.75) is 25.9 Å². The van der Waals surface area contributed by atoms with E-state index in [1.54, 1.807) is 11.3 Å². The molecule has 1 aliphatic heterocycles. The molecule has 0 radical (unpaired) electrons. The van der Waals surface area contributed by atoms with Crippen LogP contribution in [0.3, 0.4) is 0 Å². The first-order chi connectivity index (χ1) is 11.2. The summed E-state index contributed by atoms with van der Waals surface area (Å²) in [5.41, 5.74) is 8.84. The molecule has 0 bridgehead atoms. The molecule has 1 aromatic heterocycles. The third-order valence-electron chi connectivity index (χ3n) is 3.99. The number of nitrogens with two attached hydrogens (primary N) is 1. The van der Waals surface area contributed by atoms with E-state index >= 15 is 0 Å².